The van der Waals surface area contributed by atoms with Gasteiger partial charge < -0.3 is 0 Å². The molecular formula is C11H13NO. The maximum atomic E-state index is 10.1. The molecule has 1 unspecified atom stereocenters. The summed E-state index contributed by atoms with van der Waals surface area (Å²) >= 11 is 0. The molecule has 0 aliphatic rings. The van der Waals surface area contributed by atoms with Gasteiger partial charge in [0.15, 0.2) is 0 Å². The van der Waals surface area contributed by atoms with Crippen molar-refractivity contribution < 1.29 is 4.79 Å². The first-order valence-corrected chi connectivity index (χ1v) is 4.29. The van der Waals surface area contributed by atoms with Gasteiger partial charge in [-0.15, -0.1) is 0 Å². The van der Waals surface area contributed by atoms with Gasteiger partial charge in [0.1, 0.15) is 0 Å². The van der Waals surface area contributed by atoms with Gasteiger partial charge in [-0.1, -0.05) is 23.8 Å². The van der Waals surface area contributed by atoms with Crippen LogP contribution in [0.2, 0.25) is 0 Å². The number of aryl methyl sites for hydroxylation is 2. The van der Waals surface area contributed by atoms with Gasteiger partial charge in [-0.05, 0) is 31.9 Å². The highest BCUT2D eigenvalue weighted by molar-refractivity contribution is 5.38. The van der Waals surface area contributed by atoms with Crippen LogP contribution in [0, 0.1) is 13.8 Å². The van der Waals surface area contributed by atoms with E-state index in [0.29, 0.717) is 0 Å². The van der Waals surface area contributed by atoms with E-state index in [4.69, 9.17) is 0 Å². The number of hydrogen-bond acceptors (Lipinski definition) is 2. The van der Waals surface area contributed by atoms with Crippen LogP contribution in [-0.4, -0.2) is 6.08 Å². The number of hydrogen-bond donors (Lipinski definition) is 0. The Balaban J connectivity index is 3.12. The summed E-state index contributed by atoms with van der Waals surface area (Å²) in [6, 6.07) is 6.07. The van der Waals surface area contributed by atoms with Crippen LogP contribution in [0.15, 0.2) is 23.2 Å². The lowest BCUT2D eigenvalue weighted by molar-refractivity contribution is 0.559. The number of carbonyl (C=O) groups excluding carboxylic acids is 1. The molecule has 0 saturated carbocycles. The highest BCUT2D eigenvalue weighted by atomic mass is 16.1. The topological polar surface area (TPSA) is 29.4 Å². The monoisotopic (exact) mass is 175 g/mol. The second-order valence-electron chi connectivity index (χ2n) is 3.26. The fourth-order valence-electron chi connectivity index (χ4n) is 1.36. The van der Waals surface area contributed by atoms with Crippen molar-refractivity contribution in [2.75, 3.05) is 0 Å². The highest BCUT2D eigenvalue weighted by Crippen LogP contribution is 2.21. The third-order valence-corrected chi connectivity index (χ3v) is 2.13. The van der Waals surface area contributed by atoms with Crippen LogP contribution in [0.4, 0.5) is 0 Å². The van der Waals surface area contributed by atoms with E-state index in [2.05, 4.69) is 17.1 Å². The quantitative estimate of drug-likeness (QED) is 0.502. The zero-order chi connectivity index (χ0) is 9.84. The van der Waals surface area contributed by atoms with E-state index in [1.165, 1.54) is 5.56 Å². The molecule has 0 bridgehead atoms. The van der Waals surface area contributed by atoms with Gasteiger partial charge in [-0.2, -0.15) is 4.99 Å². The zero-order valence-electron chi connectivity index (χ0n) is 8.16. The Morgan fingerprint density at radius 1 is 1.38 bits per heavy atom. The van der Waals surface area contributed by atoms with Gasteiger partial charge in [0.2, 0.25) is 6.08 Å². The summed E-state index contributed by atoms with van der Waals surface area (Å²) in [7, 11) is 0. The van der Waals surface area contributed by atoms with Crippen molar-refractivity contribution >= 4 is 6.08 Å². The minimum absolute atomic E-state index is 0.0857. The van der Waals surface area contributed by atoms with E-state index in [0.717, 1.165) is 11.1 Å². The van der Waals surface area contributed by atoms with Gasteiger partial charge >= 0.3 is 0 Å². The maximum Gasteiger partial charge on any atom is 0.235 e. The molecule has 0 heterocycles. The minimum Gasteiger partial charge on any atom is -0.211 e. The SMILES string of the molecule is Cc1ccc(C)c(C(C)N=C=O)c1. The first kappa shape index (κ1) is 9.69. The molecule has 2 heteroatoms. The second-order valence-corrected chi connectivity index (χ2v) is 3.26. The lowest BCUT2D eigenvalue weighted by Crippen LogP contribution is -1.93. The molecule has 0 radical (unpaired) electrons. The van der Waals surface area contributed by atoms with Crippen LogP contribution in [-0.2, 0) is 4.79 Å². The van der Waals surface area contributed by atoms with Crippen molar-refractivity contribution in [1.29, 1.82) is 0 Å². The average Bonchev–Trinajstić information content (AvgIpc) is 2.09. The number of benzene rings is 1. The molecule has 0 saturated heterocycles. The first-order valence-electron chi connectivity index (χ1n) is 4.29. The Bertz CT molecular complexity index is 351. The third kappa shape index (κ3) is 2.27. The third-order valence-electron chi connectivity index (χ3n) is 2.13. The maximum absolute atomic E-state index is 10.1. The predicted octanol–water partition coefficient (Wildman–Crippen LogP) is 2.70. The van der Waals surface area contributed by atoms with Crippen LogP contribution in [0.25, 0.3) is 0 Å². The van der Waals surface area contributed by atoms with Gasteiger partial charge in [0.05, 0.1) is 6.04 Å². The molecule has 1 rings (SSSR count). The summed E-state index contributed by atoms with van der Waals surface area (Å²) in [6.07, 6.45) is 1.59. The van der Waals surface area contributed by atoms with Gasteiger partial charge in [-0.25, -0.2) is 4.79 Å². The Hall–Kier alpha value is -1.40. The summed E-state index contributed by atoms with van der Waals surface area (Å²) in [5, 5.41) is 0. The highest BCUT2D eigenvalue weighted by Gasteiger charge is 2.06. The molecule has 1 aromatic carbocycles. The van der Waals surface area contributed by atoms with Crippen molar-refractivity contribution in [3.63, 3.8) is 0 Å². The van der Waals surface area contributed by atoms with Crippen LogP contribution < -0.4 is 0 Å². The number of aliphatic imine (C=N–C) groups is 1. The second kappa shape index (κ2) is 4.01. The van der Waals surface area contributed by atoms with Crippen molar-refractivity contribution in [3.05, 3.63) is 34.9 Å². The Morgan fingerprint density at radius 2 is 2.08 bits per heavy atom. The summed E-state index contributed by atoms with van der Waals surface area (Å²) in [5.74, 6) is 0. The number of rotatable bonds is 2. The Labute approximate surface area is 78.3 Å². The molecule has 1 atom stereocenters. The molecule has 0 amide bonds. The molecule has 68 valence electrons. The minimum atomic E-state index is -0.0857. The molecule has 0 fully saturated rings. The fraction of sp³-hybridized carbons (Fsp3) is 0.364. The van der Waals surface area contributed by atoms with E-state index < -0.39 is 0 Å². The molecule has 0 aliphatic carbocycles. The van der Waals surface area contributed by atoms with Crippen molar-refractivity contribution in [3.8, 4) is 0 Å². The Kier molecular flexibility index (Phi) is 2.99. The largest absolute Gasteiger partial charge is 0.235 e. The van der Waals surface area contributed by atoms with E-state index in [1.54, 1.807) is 6.08 Å². The molecule has 2 nitrogen and oxygen atoms in total. The lowest BCUT2D eigenvalue weighted by atomic mass is 10.0. The van der Waals surface area contributed by atoms with Crippen LogP contribution in [0.1, 0.15) is 29.7 Å². The number of nitrogens with zero attached hydrogens (tertiary/aromatic N) is 1. The van der Waals surface area contributed by atoms with Crippen molar-refractivity contribution in [1.82, 2.24) is 0 Å². The lowest BCUT2D eigenvalue weighted by Gasteiger charge is -2.09. The standard InChI is InChI=1S/C11H13NO/c1-8-4-5-9(2)11(6-8)10(3)12-7-13/h4-6,10H,1-3H3. The summed E-state index contributed by atoms with van der Waals surface area (Å²) < 4.78 is 0. The first-order chi connectivity index (χ1) is 6.15. The van der Waals surface area contributed by atoms with Gasteiger partial charge in [0, 0.05) is 0 Å². The van der Waals surface area contributed by atoms with E-state index in [9.17, 15) is 4.79 Å². The van der Waals surface area contributed by atoms with Crippen LogP contribution in [0.5, 0.6) is 0 Å². The molecular weight excluding hydrogens is 162 g/mol. The Morgan fingerprint density at radius 3 is 2.69 bits per heavy atom. The number of isocyanates is 1. The molecule has 0 spiro atoms. The average molecular weight is 175 g/mol. The molecule has 13 heavy (non-hydrogen) atoms. The van der Waals surface area contributed by atoms with Gasteiger partial charge in [0.25, 0.3) is 0 Å². The molecule has 0 N–H and O–H groups in total. The van der Waals surface area contributed by atoms with E-state index in [-0.39, 0.29) is 6.04 Å². The van der Waals surface area contributed by atoms with Crippen molar-refractivity contribution in [2.24, 2.45) is 4.99 Å². The normalized spacial score (nSPS) is 11.9. The van der Waals surface area contributed by atoms with Crippen LogP contribution >= 0.6 is 0 Å². The smallest absolute Gasteiger partial charge is 0.211 e. The molecule has 0 aliphatic heterocycles. The summed E-state index contributed by atoms with van der Waals surface area (Å²) in [5.41, 5.74) is 3.45. The van der Waals surface area contributed by atoms with Gasteiger partial charge in [-0.3, -0.25) is 0 Å². The van der Waals surface area contributed by atoms with E-state index in [1.807, 2.05) is 26.8 Å². The fourth-order valence-corrected chi connectivity index (χ4v) is 1.36. The van der Waals surface area contributed by atoms with Crippen molar-refractivity contribution in [2.45, 2.75) is 26.8 Å². The summed E-state index contributed by atoms with van der Waals surface area (Å²) in [6.45, 7) is 5.94. The van der Waals surface area contributed by atoms with Crippen LogP contribution in [0.3, 0.4) is 0 Å². The molecule has 0 aromatic heterocycles. The zero-order valence-corrected chi connectivity index (χ0v) is 8.16. The molecule has 1 aromatic rings. The van der Waals surface area contributed by atoms with E-state index >= 15 is 0 Å². The summed E-state index contributed by atoms with van der Waals surface area (Å²) in [4.78, 5) is 13.8. The predicted molar refractivity (Wildman–Crippen MR) is 52.5 cm³/mol.